The molecule has 0 aromatic heterocycles. The molecule has 7 nitrogen and oxygen atoms in total. The molecule has 1 aromatic rings. The molecule has 0 saturated carbocycles. The van der Waals surface area contributed by atoms with Gasteiger partial charge in [0.2, 0.25) is 0 Å². The van der Waals surface area contributed by atoms with Gasteiger partial charge in [-0.05, 0) is 82.4 Å². The number of unbranched alkanes of at least 4 members (excludes halogenated alkanes) is 28. The van der Waals surface area contributed by atoms with Crippen LogP contribution in [0.5, 0.6) is 0 Å². The Balaban J connectivity index is 0.0000314. The molecule has 0 aliphatic carbocycles. The summed E-state index contributed by atoms with van der Waals surface area (Å²) < 4.78 is 45.8. The number of allylic oxidation sites excluding steroid dienone is 4. The van der Waals surface area contributed by atoms with Gasteiger partial charge in [0.1, 0.15) is 10.1 Å². The Bertz CT molecular complexity index is 1280. The zero-order chi connectivity index (χ0) is 40.8. The molecule has 0 fully saturated rings. The molecule has 0 heterocycles. The summed E-state index contributed by atoms with van der Waals surface area (Å²) in [5, 5.41) is 0. The molecular weight excluding hydrogens is 744 g/mol. The maximum Gasteiger partial charge on any atom is 1.00 e. The molecule has 0 unspecified atom stereocenters. The molecule has 1 aromatic carbocycles. The predicted molar refractivity (Wildman–Crippen MR) is 232 cm³/mol. The Morgan fingerprint density at radius 3 is 1.11 bits per heavy atom. The maximum absolute atomic E-state index is 12.9. The second kappa shape index (κ2) is 40.0. The summed E-state index contributed by atoms with van der Waals surface area (Å²) in [6, 6.07) is 3.14. The summed E-state index contributed by atoms with van der Waals surface area (Å²) in [6.45, 7) is 4.87. The van der Waals surface area contributed by atoms with Crippen molar-refractivity contribution < 1.29 is 61.6 Å². The van der Waals surface area contributed by atoms with Crippen molar-refractivity contribution >= 4 is 22.1 Å². The van der Waals surface area contributed by atoms with Crippen molar-refractivity contribution in [3.8, 4) is 0 Å². The number of esters is 2. The summed E-state index contributed by atoms with van der Waals surface area (Å²) in [5.74, 6) is -1.55. The van der Waals surface area contributed by atoms with Crippen LogP contribution in [0.4, 0.5) is 0 Å². The van der Waals surface area contributed by atoms with E-state index < -0.39 is 27.0 Å². The van der Waals surface area contributed by atoms with Crippen LogP contribution in [0, 0.1) is 0 Å². The van der Waals surface area contributed by atoms with E-state index in [0.717, 1.165) is 50.7 Å². The van der Waals surface area contributed by atoms with Gasteiger partial charge >= 0.3 is 41.5 Å². The van der Waals surface area contributed by atoms with E-state index in [1.165, 1.54) is 160 Å². The minimum absolute atomic E-state index is 0. The Morgan fingerprint density at radius 1 is 0.474 bits per heavy atom. The first-order chi connectivity index (χ1) is 27.3. The van der Waals surface area contributed by atoms with Crippen LogP contribution in [0.1, 0.15) is 240 Å². The fourth-order valence-electron chi connectivity index (χ4n) is 6.92. The molecule has 322 valence electrons. The number of ether oxygens (including phenoxy) is 2. The number of carbonyl (C=O) groups is 2. The van der Waals surface area contributed by atoms with Gasteiger partial charge < -0.3 is 14.0 Å². The van der Waals surface area contributed by atoms with E-state index in [1.807, 2.05) is 0 Å². The molecular formula is C48H81NaO7S. The van der Waals surface area contributed by atoms with Gasteiger partial charge in [0.15, 0.2) is 0 Å². The SMILES string of the molecule is CCCCCCC/C=C/CCCCCCCCCCCOC(=O)c1ccc(S(=O)(=O)[O-])cc1C(=O)OCCCCCCCCCCC/C=C/CCCCCCC.[Na+]. The van der Waals surface area contributed by atoms with Gasteiger partial charge in [0, 0.05) is 0 Å². The van der Waals surface area contributed by atoms with Gasteiger partial charge in [-0.25, -0.2) is 18.0 Å². The monoisotopic (exact) mass is 825 g/mol. The van der Waals surface area contributed by atoms with Crippen LogP contribution in [0.25, 0.3) is 0 Å². The fraction of sp³-hybridized carbons (Fsp3) is 0.750. The molecule has 9 heteroatoms. The number of carbonyl (C=O) groups excluding carboxylic acids is 2. The summed E-state index contributed by atoms with van der Waals surface area (Å²) in [4.78, 5) is 25.3. The molecule has 0 amide bonds. The third-order valence-corrected chi connectivity index (χ3v) is 11.3. The quantitative estimate of drug-likeness (QED) is 0.0214. The van der Waals surface area contributed by atoms with Crippen molar-refractivity contribution in [2.45, 2.75) is 224 Å². The summed E-state index contributed by atoms with van der Waals surface area (Å²) in [7, 11) is -4.82. The fourth-order valence-corrected chi connectivity index (χ4v) is 7.41. The van der Waals surface area contributed by atoms with Crippen LogP contribution < -0.4 is 29.6 Å². The molecule has 0 spiro atoms. The third kappa shape index (κ3) is 33.0. The van der Waals surface area contributed by atoms with Crippen molar-refractivity contribution in [1.82, 2.24) is 0 Å². The zero-order valence-corrected chi connectivity index (χ0v) is 39.7. The van der Waals surface area contributed by atoms with E-state index in [4.69, 9.17) is 9.47 Å². The minimum atomic E-state index is -4.82. The molecule has 57 heavy (non-hydrogen) atoms. The van der Waals surface area contributed by atoms with Crippen molar-refractivity contribution in [3.63, 3.8) is 0 Å². The number of hydrogen-bond donors (Lipinski definition) is 0. The maximum atomic E-state index is 12.9. The van der Waals surface area contributed by atoms with Gasteiger partial charge in [-0.1, -0.05) is 179 Å². The minimum Gasteiger partial charge on any atom is -0.744 e. The molecule has 1 rings (SSSR count). The molecule has 0 atom stereocenters. The van der Waals surface area contributed by atoms with Crippen LogP contribution in [-0.4, -0.2) is 38.1 Å². The van der Waals surface area contributed by atoms with E-state index in [0.29, 0.717) is 12.8 Å². The van der Waals surface area contributed by atoms with Crippen molar-refractivity contribution in [2.24, 2.45) is 0 Å². The van der Waals surface area contributed by atoms with Crippen LogP contribution in [0.3, 0.4) is 0 Å². The van der Waals surface area contributed by atoms with Crippen molar-refractivity contribution in [2.75, 3.05) is 13.2 Å². The molecule has 0 aliphatic heterocycles. The van der Waals surface area contributed by atoms with Crippen LogP contribution >= 0.6 is 0 Å². The van der Waals surface area contributed by atoms with E-state index in [2.05, 4.69) is 38.2 Å². The third-order valence-electron chi connectivity index (χ3n) is 10.5. The van der Waals surface area contributed by atoms with Crippen LogP contribution in [-0.2, 0) is 19.6 Å². The standard InChI is InChI=1S/C48H82O7S.Na/c1-3-5-7-9-11-13-15-17-19-21-23-25-27-29-31-33-35-37-41-54-47(49)45-40-39-44(56(51,52)53)43-46(45)48(50)55-42-38-36-34-32-30-28-26-24-22-20-18-16-14-12-10-8-6-4-2;/h15-18,39-40,43H,3-14,19-38,41-42H2,1-2H3,(H,51,52,53);/q;+1/p-1/b17-15+,18-16+;. The van der Waals surface area contributed by atoms with Gasteiger partial charge in [-0.15, -0.1) is 0 Å². The smallest absolute Gasteiger partial charge is 0.744 e. The van der Waals surface area contributed by atoms with Gasteiger partial charge in [0.25, 0.3) is 0 Å². The van der Waals surface area contributed by atoms with E-state index in [-0.39, 0.29) is 53.9 Å². The molecule has 0 radical (unpaired) electrons. The van der Waals surface area contributed by atoms with Crippen molar-refractivity contribution in [3.05, 3.63) is 53.6 Å². The van der Waals surface area contributed by atoms with Crippen LogP contribution in [0.2, 0.25) is 0 Å². The zero-order valence-electron chi connectivity index (χ0n) is 36.8. The second-order valence-electron chi connectivity index (χ2n) is 15.7. The average Bonchev–Trinajstić information content (AvgIpc) is 3.18. The Labute approximate surface area is 372 Å². The van der Waals surface area contributed by atoms with Gasteiger partial charge in [-0.2, -0.15) is 0 Å². The number of hydrogen-bond acceptors (Lipinski definition) is 7. The summed E-state index contributed by atoms with van der Waals surface area (Å²) in [6.07, 6.45) is 47.8. The molecule has 0 aliphatic rings. The Hall–Kier alpha value is -1.45. The normalized spacial score (nSPS) is 11.7. The Kier molecular flexibility index (Phi) is 39.0. The first-order valence-electron chi connectivity index (χ1n) is 23.0. The number of benzene rings is 1. The average molecular weight is 825 g/mol. The van der Waals surface area contributed by atoms with E-state index in [1.54, 1.807) is 0 Å². The molecule has 0 N–H and O–H groups in total. The largest absolute Gasteiger partial charge is 1.00 e. The van der Waals surface area contributed by atoms with Gasteiger partial charge in [0.05, 0.1) is 29.2 Å². The van der Waals surface area contributed by atoms with E-state index in [9.17, 15) is 22.6 Å². The second-order valence-corrected chi connectivity index (χ2v) is 17.1. The topological polar surface area (TPSA) is 110 Å². The Morgan fingerprint density at radius 2 is 0.772 bits per heavy atom. The summed E-state index contributed by atoms with van der Waals surface area (Å²) in [5.41, 5.74) is -0.340. The molecule has 0 bridgehead atoms. The number of rotatable bonds is 39. The first kappa shape index (κ1) is 55.5. The van der Waals surface area contributed by atoms with Gasteiger partial charge in [-0.3, -0.25) is 0 Å². The summed E-state index contributed by atoms with van der Waals surface area (Å²) >= 11 is 0. The van der Waals surface area contributed by atoms with Crippen molar-refractivity contribution in [1.29, 1.82) is 0 Å². The molecule has 0 saturated heterocycles. The van der Waals surface area contributed by atoms with E-state index >= 15 is 0 Å². The van der Waals surface area contributed by atoms with Crippen LogP contribution in [0.15, 0.2) is 47.4 Å². The predicted octanol–water partition coefficient (Wildman–Crippen LogP) is 11.5. The first-order valence-corrected chi connectivity index (χ1v) is 24.5.